The molecule has 0 unspecified atom stereocenters. The van der Waals surface area contributed by atoms with Crippen molar-refractivity contribution >= 4 is 15.7 Å². The first-order valence-electron chi connectivity index (χ1n) is 6.97. The number of rotatable bonds is 8. The summed E-state index contributed by atoms with van der Waals surface area (Å²) in [7, 11) is -1.89. The van der Waals surface area contributed by atoms with Crippen LogP contribution in [-0.4, -0.2) is 40.3 Å². The molecule has 118 valence electrons. The van der Waals surface area contributed by atoms with Crippen LogP contribution in [0.25, 0.3) is 0 Å². The van der Waals surface area contributed by atoms with Gasteiger partial charge in [0.2, 0.25) is 0 Å². The van der Waals surface area contributed by atoms with Crippen molar-refractivity contribution in [3.63, 3.8) is 0 Å². The molecule has 1 N–H and O–H groups in total. The fraction of sp³-hybridized carbons (Fsp3) is 0.533. The Morgan fingerprint density at radius 1 is 1.24 bits per heavy atom. The molecule has 0 saturated carbocycles. The van der Waals surface area contributed by atoms with E-state index in [1.165, 1.54) is 31.4 Å². The molecule has 0 heterocycles. The van der Waals surface area contributed by atoms with Crippen LogP contribution in [0.5, 0.6) is 0 Å². The predicted molar refractivity (Wildman–Crippen MR) is 82.2 cm³/mol. The molecule has 0 spiro atoms. The third-order valence-corrected chi connectivity index (χ3v) is 4.73. The van der Waals surface area contributed by atoms with Gasteiger partial charge in [-0.1, -0.05) is 13.8 Å². The lowest BCUT2D eigenvalue weighted by Crippen LogP contribution is -2.25. The maximum atomic E-state index is 11.9. The number of methoxy groups -OCH3 is 1. The van der Waals surface area contributed by atoms with Crippen molar-refractivity contribution in [2.45, 2.75) is 25.2 Å². The summed E-state index contributed by atoms with van der Waals surface area (Å²) < 4.78 is 28.7. The predicted octanol–water partition coefficient (Wildman–Crippen LogP) is 1.88. The van der Waals surface area contributed by atoms with Crippen molar-refractivity contribution in [1.82, 2.24) is 5.32 Å². The number of carbonyl (C=O) groups is 1. The smallest absolute Gasteiger partial charge is 0.251 e. The first-order chi connectivity index (χ1) is 9.86. The van der Waals surface area contributed by atoms with Crippen LogP contribution in [0.15, 0.2) is 29.2 Å². The Balaban J connectivity index is 2.67. The van der Waals surface area contributed by atoms with Gasteiger partial charge in [0.25, 0.3) is 5.91 Å². The largest absolute Gasteiger partial charge is 0.384 e. The maximum Gasteiger partial charge on any atom is 0.251 e. The van der Waals surface area contributed by atoms with E-state index in [-0.39, 0.29) is 23.2 Å². The van der Waals surface area contributed by atoms with E-state index in [0.717, 1.165) is 6.42 Å². The Kier molecular flexibility index (Phi) is 6.84. The molecule has 0 aromatic heterocycles. The number of amides is 1. The minimum absolute atomic E-state index is 0.0660. The molecule has 0 aliphatic heterocycles. The van der Waals surface area contributed by atoms with E-state index in [0.29, 0.717) is 18.0 Å². The van der Waals surface area contributed by atoms with E-state index in [1.807, 2.05) is 0 Å². The summed E-state index contributed by atoms with van der Waals surface area (Å²) in [6.07, 6.45) is 0.912. The minimum Gasteiger partial charge on any atom is -0.384 e. The Bertz CT molecular complexity index is 550. The lowest BCUT2D eigenvalue weighted by molar-refractivity contribution is 0.0952. The highest BCUT2D eigenvalue weighted by Crippen LogP contribution is 2.12. The van der Waals surface area contributed by atoms with Gasteiger partial charge in [-0.3, -0.25) is 4.79 Å². The van der Waals surface area contributed by atoms with Gasteiger partial charge in [0.05, 0.1) is 17.3 Å². The number of sulfone groups is 1. The van der Waals surface area contributed by atoms with Crippen LogP contribution in [0, 0.1) is 5.92 Å². The van der Waals surface area contributed by atoms with Crippen molar-refractivity contribution in [2.75, 3.05) is 26.0 Å². The number of hydrogen-bond acceptors (Lipinski definition) is 4. The molecule has 1 aromatic carbocycles. The zero-order chi connectivity index (χ0) is 15.9. The molecule has 0 fully saturated rings. The second-order valence-electron chi connectivity index (χ2n) is 5.27. The Hall–Kier alpha value is -1.40. The van der Waals surface area contributed by atoms with E-state index in [9.17, 15) is 13.2 Å². The van der Waals surface area contributed by atoms with Gasteiger partial charge < -0.3 is 10.1 Å². The molecule has 1 amide bonds. The lowest BCUT2D eigenvalue weighted by atomic mass is 10.1. The fourth-order valence-corrected chi connectivity index (χ4v) is 2.87. The normalized spacial score (nSPS) is 11.6. The van der Waals surface area contributed by atoms with E-state index < -0.39 is 9.84 Å². The van der Waals surface area contributed by atoms with Crippen LogP contribution >= 0.6 is 0 Å². The van der Waals surface area contributed by atoms with Gasteiger partial charge in [-0.05, 0) is 36.6 Å². The Labute approximate surface area is 126 Å². The molecule has 0 bridgehead atoms. The lowest BCUT2D eigenvalue weighted by Gasteiger charge is -2.08. The van der Waals surface area contributed by atoms with E-state index in [1.54, 1.807) is 0 Å². The molecule has 6 heteroatoms. The molecule has 0 atom stereocenters. The van der Waals surface area contributed by atoms with Crippen LogP contribution in [-0.2, 0) is 14.6 Å². The Morgan fingerprint density at radius 2 is 1.86 bits per heavy atom. The quantitative estimate of drug-likeness (QED) is 0.795. The van der Waals surface area contributed by atoms with Crippen LogP contribution in [0.1, 0.15) is 30.6 Å². The van der Waals surface area contributed by atoms with Gasteiger partial charge in [0.1, 0.15) is 0 Å². The monoisotopic (exact) mass is 313 g/mol. The molecule has 1 aromatic rings. The Morgan fingerprint density at radius 3 is 2.38 bits per heavy atom. The standard InChI is InChI=1S/C15H23NO4S/c1-12(2)8-9-16-15(17)13-4-6-14(7-5-13)21(18,19)11-10-20-3/h4-7,12H,8-11H2,1-3H3,(H,16,17). The fourth-order valence-electron chi connectivity index (χ4n) is 1.70. The average molecular weight is 313 g/mol. The van der Waals surface area contributed by atoms with E-state index in [4.69, 9.17) is 4.74 Å². The number of nitrogens with one attached hydrogen (secondary N) is 1. The summed E-state index contributed by atoms with van der Waals surface area (Å²) in [6, 6.07) is 5.99. The van der Waals surface area contributed by atoms with Gasteiger partial charge in [-0.2, -0.15) is 0 Å². The van der Waals surface area contributed by atoms with Crippen molar-refractivity contribution in [1.29, 1.82) is 0 Å². The average Bonchev–Trinajstić information content (AvgIpc) is 2.45. The van der Waals surface area contributed by atoms with Crippen molar-refractivity contribution in [2.24, 2.45) is 5.92 Å². The zero-order valence-electron chi connectivity index (χ0n) is 12.8. The first kappa shape index (κ1) is 17.7. The molecule has 0 aliphatic carbocycles. The van der Waals surface area contributed by atoms with E-state index >= 15 is 0 Å². The third kappa shape index (κ3) is 5.85. The van der Waals surface area contributed by atoms with Crippen LogP contribution in [0.4, 0.5) is 0 Å². The summed E-state index contributed by atoms with van der Waals surface area (Å²) in [5, 5.41) is 2.81. The SMILES string of the molecule is COCCS(=O)(=O)c1ccc(C(=O)NCCC(C)C)cc1. The van der Waals surface area contributed by atoms with Crippen molar-refractivity contribution in [3.05, 3.63) is 29.8 Å². The van der Waals surface area contributed by atoms with Crippen LogP contribution in [0.3, 0.4) is 0 Å². The molecular weight excluding hydrogens is 290 g/mol. The van der Waals surface area contributed by atoms with Crippen LogP contribution in [0.2, 0.25) is 0 Å². The minimum atomic E-state index is -3.35. The summed E-state index contributed by atoms with van der Waals surface area (Å²) in [5.74, 6) is 0.277. The highest BCUT2D eigenvalue weighted by atomic mass is 32.2. The number of carbonyl (C=O) groups excluding carboxylic acids is 1. The molecule has 5 nitrogen and oxygen atoms in total. The second-order valence-corrected chi connectivity index (χ2v) is 7.38. The van der Waals surface area contributed by atoms with Gasteiger partial charge in [-0.25, -0.2) is 8.42 Å². The summed E-state index contributed by atoms with van der Waals surface area (Å²) in [4.78, 5) is 12.1. The zero-order valence-corrected chi connectivity index (χ0v) is 13.6. The number of benzene rings is 1. The molecular formula is C15H23NO4S. The molecule has 0 aliphatic rings. The number of hydrogen-bond donors (Lipinski definition) is 1. The van der Waals surface area contributed by atoms with Crippen LogP contribution < -0.4 is 5.32 Å². The highest BCUT2D eigenvalue weighted by Gasteiger charge is 2.14. The number of ether oxygens (including phenoxy) is 1. The van der Waals surface area contributed by atoms with Crippen molar-refractivity contribution in [3.8, 4) is 0 Å². The second kappa shape index (κ2) is 8.14. The molecule has 0 radical (unpaired) electrons. The molecule has 21 heavy (non-hydrogen) atoms. The third-order valence-electron chi connectivity index (χ3n) is 3.04. The summed E-state index contributed by atoms with van der Waals surface area (Å²) in [5.41, 5.74) is 0.462. The molecule has 0 saturated heterocycles. The summed E-state index contributed by atoms with van der Waals surface area (Å²) in [6.45, 7) is 4.95. The van der Waals surface area contributed by atoms with Crippen molar-refractivity contribution < 1.29 is 17.9 Å². The molecule has 1 rings (SSSR count). The maximum absolute atomic E-state index is 11.9. The van der Waals surface area contributed by atoms with Gasteiger partial charge >= 0.3 is 0 Å². The summed E-state index contributed by atoms with van der Waals surface area (Å²) >= 11 is 0. The highest BCUT2D eigenvalue weighted by molar-refractivity contribution is 7.91. The van der Waals surface area contributed by atoms with Gasteiger partial charge in [-0.15, -0.1) is 0 Å². The first-order valence-corrected chi connectivity index (χ1v) is 8.62. The van der Waals surface area contributed by atoms with E-state index in [2.05, 4.69) is 19.2 Å². The topological polar surface area (TPSA) is 72.5 Å². The van der Waals surface area contributed by atoms with Gasteiger partial charge in [0.15, 0.2) is 9.84 Å². The van der Waals surface area contributed by atoms with Gasteiger partial charge in [0, 0.05) is 19.2 Å².